The summed E-state index contributed by atoms with van der Waals surface area (Å²) in [5.41, 5.74) is 1.39. The lowest BCUT2D eigenvalue weighted by Crippen LogP contribution is -2.62. The van der Waals surface area contributed by atoms with Crippen molar-refractivity contribution in [2.75, 3.05) is 13.1 Å². The van der Waals surface area contributed by atoms with Gasteiger partial charge in [-0.05, 0) is 47.8 Å². The van der Waals surface area contributed by atoms with Gasteiger partial charge in [0.05, 0.1) is 5.69 Å². The predicted molar refractivity (Wildman–Crippen MR) is 87.7 cm³/mol. The van der Waals surface area contributed by atoms with Crippen molar-refractivity contribution in [3.63, 3.8) is 0 Å². The third-order valence-electron chi connectivity index (χ3n) is 4.52. The molecule has 2 unspecified atom stereocenters. The normalized spacial score (nSPS) is 27.7. The second kappa shape index (κ2) is 7.01. The number of piperazine rings is 1. The lowest BCUT2D eigenvalue weighted by molar-refractivity contribution is 0.0386. The molecular formula is C16H26BrN3. The van der Waals surface area contributed by atoms with Crippen molar-refractivity contribution in [1.29, 1.82) is 0 Å². The average molecular weight is 340 g/mol. The Hall–Kier alpha value is -0.450. The molecule has 0 aliphatic carbocycles. The Morgan fingerprint density at radius 2 is 2.25 bits per heavy atom. The first-order valence-electron chi connectivity index (χ1n) is 7.66. The highest BCUT2D eigenvalue weighted by Gasteiger charge is 2.36. The first-order chi connectivity index (χ1) is 9.57. The Morgan fingerprint density at radius 3 is 2.85 bits per heavy atom. The lowest BCUT2D eigenvalue weighted by Gasteiger charge is -2.48. The number of nitrogens with zero attached hydrogens (tertiary/aromatic N) is 2. The number of hydrogen-bond donors (Lipinski definition) is 1. The smallest absolute Gasteiger partial charge is 0.0545 e. The van der Waals surface area contributed by atoms with Crippen molar-refractivity contribution in [2.24, 2.45) is 0 Å². The third kappa shape index (κ3) is 3.80. The molecule has 20 heavy (non-hydrogen) atoms. The minimum absolute atomic E-state index is 0.235. The zero-order valence-electron chi connectivity index (χ0n) is 12.8. The van der Waals surface area contributed by atoms with Crippen LogP contribution in [0.3, 0.4) is 0 Å². The molecule has 1 aromatic rings. The summed E-state index contributed by atoms with van der Waals surface area (Å²) >= 11 is 3.45. The first-order valence-corrected chi connectivity index (χ1v) is 8.45. The van der Waals surface area contributed by atoms with Crippen LogP contribution >= 0.6 is 15.9 Å². The molecule has 0 radical (unpaired) electrons. The van der Waals surface area contributed by atoms with Gasteiger partial charge in [0.25, 0.3) is 0 Å². The van der Waals surface area contributed by atoms with Crippen LogP contribution in [0.5, 0.6) is 0 Å². The highest BCUT2D eigenvalue weighted by atomic mass is 79.9. The topological polar surface area (TPSA) is 28.2 Å². The van der Waals surface area contributed by atoms with Gasteiger partial charge in [-0.15, -0.1) is 0 Å². The van der Waals surface area contributed by atoms with Gasteiger partial charge in [0.15, 0.2) is 0 Å². The summed E-state index contributed by atoms with van der Waals surface area (Å²) in [5.74, 6) is 0. The summed E-state index contributed by atoms with van der Waals surface area (Å²) in [6, 6.07) is 4.82. The average Bonchev–Trinajstić information content (AvgIpc) is 2.45. The van der Waals surface area contributed by atoms with Crippen LogP contribution in [0.1, 0.15) is 45.7 Å². The molecule has 1 saturated heterocycles. The second-order valence-corrected chi connectivity index (χ2v) is 6.98. The van der Waals surface area contributed by atoms with Crippen LogP contribution in [0.2, 0.25) is 0 Å². The van der Waals surface area contributed by atoms with E-state index in [2.05, 4.69) is 64.0 Å². The van der Waals surface area contributed by atoms with E-state index in [1.54, 1.807) is 0 Å². The number of aromatic nitrogens is 1. The molecule has 4 heteroatoms. The Balaban J connectivity index is 2.09. The molecule has 112 valence electrons. The van der Waals surface area contributed by atoms with Crippen molar-refractivity contribution in [3.8, 4) is 0 Å². The molecule has 1 N–H and O–H groups in total. The van der Waals surface area contributed by atoms with Crippen LogP contribution in [-0.2, 0) is 6.54 Å². The molecule has 1 aromatic heterocycles. The summed E-state index contributed by atoms with van der Waals surface area (Å²) in [6.07, 6.45) is 5.55. The number of rotatable bonds is 5. The highest BCUT2D eigenvalue weighted by Crippen LogP contribution is 2.26. The van der Waals surface area contributed by atoms with Crippen LogP contribution in [0, 0.1) is 0 Å². The van der Waals surface area contributed by atoms with Crippen molar-refractivity contribution >= 4 is 15.9 Å². The molecule has 3 nitrogen and oxygen atoms in total. The monoisotopic (exact) mass is 339 g/mol. The minimum atomic E-state index is 0.235. The number of hydrogen-bond acceptors (Lipinski definition) is 3. The largest absolute Gasteiger partial charge is 0.311 e. The lowest BCUT2D eigenvalue weighted by atomic mass is 9.91. The molecule has 2 heterocycles. The molecule has 0 aromatic carbocycles. The van der Waals surface area contributed by atoms with Gasteiger partial charge in [-0.3, -0.25) is 9.88 Å². The molecule has 1 aliphatic heterocycles. The Kier molecular flexibility index (Phi) is 5.58. The van der Waals surface area contributed by atoms with Crippen molar-refractivity contribution in [3.05, 3.63) is 28.5 Å². The van der Waals surface area contributed by atoms with Gasteiger partial charge in [-0.25, -0.2) is 0 Å². The third-order valence-corrected chi connectivity index (χ3v) is 4.99. The molecular weight excluding hydrogens is 314 g/mol. The summed E-state index contributed by atoms with van der Waals surface area (Å²) in [5, 5.41) is 3.72. The molecule has 1 fully saturated rings. The van der Waals surface area contributed by atoms with Crippen LogP contribution < -0.4 is 5.32 Å². The molecule has 0 spiro atoms. The molecule has 2 rings (SSSR count). The van der Waals surface area contributed by atoms with Gasteiger partial charge in [0.1, 0.15) is 0 Å². The van der Waals surface area contributed by atoms with Gasteiger partial charge < -0.3 is 5.32 Å². The maximum absolute atomic E-state index is 4.53. The van der Waals surface area contributed by atoms with E-state index in [1.165, 1.54) is 12.8 Å². The van der Waals surface area contributed by atoms with Gasteiger partial charge in [-0.1, -0.05) is 20.3 Å². The zero-order valence-corrected chi connectivity index (χ0v) is 14.4. The summed E-state index contributed by atoms with van der Waals surface area (Å²) in [6.45, 7) is 10.0. The standard InChI is InChI=1S/C16H26BrN3/c1-4-6-14-10-20(16(3,5-2)12-19-14)11-15-8-7-13(17)9-18-15/h7-9,14,19H,4-6,10-12H2,1-3H3. The van der Waals surface area contributed by atoms with E-state index in [4.69, 9.17) is 0 Å². The summed E-state index contributed by atoms with van der Waals surface area (Å²) in [7, 11) is 0. The van der Waals surface area contributed by atoms with E-state index in [0.29, 0.717) is 6.04 Å². The predicted octanol–water partition coefficient (Wildman–Crippen LogP) is 3.59. The summed E-state index contributed by atoms with van der Waals surface area (Å²) in [4.78, 5) is 7.15. The fraction of sp³-hybridized carbons (Fsp3) is 0.688. The Bertz CT molecular complexity index is 420. The fourth-order valence-electron chi connectivity index (χ4n) is 2.87. The van der Waals surface area contributed by atoms with Gasteiger partial charge in [0.2, 0.25) is 0 Å². The van der Waals surface area contributed by atoms with Crippen LogP contribution in [0.15, 0.2) is 22.8 Å². The second-order valence-electron chi connectivity index (χ2n) is 6.07. The van der Waals surface area contributed by atoms with E-state index in [0.717, 1.165) is 36.2 Å². The maximum Gasteiger partial charge on any atom is 0.0545 e. The minimum Gasteiger partial charge on any atom is -0.311 e. The SMILES string of the molecule is CCCC1CN(Cc2ccc(Br)cn2)C(C)(CC)CN1. The van der Waals surface area contributed by atoms with Crippen LogP contribution in [-0.4, -0.2) is 34.6 Å². The van der Waals surface area contributed by atoms with Gasteiger partial charge in [-0.2, -0.15) is 0 Å². The first kappa shape index (κ1) is 15.9. The zero-order chi connectivity index (χ0) is 14.6. The van der Waals surface area contributed by atoms with E-state index in [1.807, 2.05) is 6.20 Å². The Morgan fingerprint density at radius 1 is 1.45 bits per heavy atom. The van der Waals surface area contributed by atoms with Crippen molar-refractivity contribution in [1.82, 2.24) is 15.2 Å². The highest BCUT2D eigenvalue weighted by molar-refractivity contribution is 9.10. The van der Waals surface area contributed by atoms with Crippen LogP contribution in [0.4, 0.5) is 0 Å². The van der Waals surface area contributed by atoms with Crippen molar-refractivity contribution in [2.45, 2.75) is 58.2 Å². The van der Waals surface area contributed by atoms with E-state index in [-0.39, 0.29) is 5.54 Å². The molecule has 0 amide bonds. The van der Waals surface area contributed by atoms with E-state index in [9.17, 15) is 0 Å². The number of pyridine rings is 1. The maximum atomic E-state index is 4.53. The molecule has 1 aliphatic rings. The molecule has 0 bridgehead atoms. The van der Waals surface area contributed by atoms with E-state index >= 15 is 0 Å². The fourth-order valence-corrected chi connectivity index (χ4v) is 3.10. The quantitative estimate of drug-likeness (QED) is 0.888. The van der Waals surface area contributed by atoms with Gasteiger partial charge in [0, 0.05) is 41.9 Å². The molecule has 0 saturated carbocycles. The Labute approximate surface area is 131 Å². The number of halogens is 1. The summed E-state index contributed by atoms with van der Waals surface area (Å²) < 4.78 is 1.05. The van der Waals surface area contributed by atoms with Crippen LogP contribution in [0.25, 0.3) is 0 Å². The van der Waals surface area contributed by atoms with E-state index < -0.39 is 0 Å². The van der Waals surface area contributed by atoms with Crippen molar-refractivity contribution < 1.29 is 0 Å². The van der Waals surface area contributed by atoms with Gasteiger partial charge >= 0.3 is 0 Å². The molecule has 2 atom stereocenters. The number of nitrogens with one attached hydrogen (secondary N) is 1.